The van der Waals surface area contributed by atoms with Crippen molar-refractivity contribution in [1.82, 2.24) is 14.9 Å². The fraction of sp³-hybridized carbons (Fsp3) is 0.355. The normalized spacial score (nSPS) is 10.8. The van der Waals surface area contributed by atoms with Crippen molar-refractivity contribution in [1.29, 1.82) is 0 Å². The number of carbonyl (C=O) groups excluding carboxylic acids is 1. The van der Waals surface area contributed by atoms with Gasteiger partial charge in [0.15, 0.2) is 11.5 Å². The predicted octanol–water partition coefficient (Wildman–Crippen LogP) is 5.29. The van der Waals surface area contributed by atoms with Gasteiger partial charge in [-0.2, -0.15) is 0 Å². The van der Waals surface area contributed by atoms with Crippen LogP contribution in [0.4, 0.5) is 0 Å². The second-order valence-corrected chi connectivity index (χ2v) is 9.18. The van der Waals surface area contributed by atoms with Crippen molar-refractivity contribution < 1.29 is 28.5 Å². The number of nitrogens with zero attached hydrogens (tertiary/aromatic N) is 2. The summed E-state index contributed by atoms with van der Waals surface area (Å²) in [6.07, 6.45) is 3.35. The summed E-state index contributed by atoms with van der Waals surface area (Å²) >= 11 is 0. The third-order valence-corrected chi connectivity index (χ3v) is 6.61. The number of amides is 1. The molecule has 0 unspecified atom stereocenters. The molecule has 0 bridgehead atoms. The first-order valence-corrected chi connectivity index (χ1v) is 13.4. The molecule has 0 saturated carbocycles. The third kappa shape index (κ3) is 6.97. The van der Waals surface area contributed by atoms with Crippen molar-refractivity contribution in [2.24, 2.45) is 0 Å². The van der Waals surface area contributed by atoms with Crippen LogP contribution < -0.4 is 29.0 Å². The molecule has 0 radical (unpaired) electrons. The molecule has 1 aromatic heterocycles. The number of benzene rings is 3. The molecule has 4 aromatic rings. The highest BCUT2D eigenvalue weighted by Gasteiger charge is 2.17. The molecule has 0 fully saturated rings. The third-order valence-electron chi connectivity index (χ3n) is 6.61. The summed E-state index contributed by atoms with van der Waals surface area (Å²) in [6, 6.07) is 19.1. The maximum Gasteiger partial charge on any atom is 0.251 e. The Hall–Kier alpha value is -4.40. The summed E-state index contributed by atoms with van der Waals surface area (Å²) in [7, 11) is 6.23. The average Bonchev–Trinajstić information content (AvgIpc) is 3.35. The van der Waals surface area contributed by atoms with Crippen molar-refractivity contribution in [3.05, 3.63) is 72.1 Å². The first-order chi connectivity index (χ1) is 19.6. The fourth-order valence-electron chi connectivity index (χ4n) is 4.58. The maximum absolute atomic E-state index is 12.8. The zero-order valence-corrected chi connectivity index (χ0v) is 23.6. The van der Waals surface area contributed by atoms with Gasteiger partial charge in [0, 0.05) is 31.1 Å². The van der Waals surface area contributed by atoms with Crippen molar-refractivity contribution in [3.63, 3.8) is 0 Å². The SMILES string of the molecule is COc1cccc(OCCCCn2c(CCCNC(=O)c3cc(OC)c(OC)c(OC)c3)nc3ccccc32)c1. The van der Waals surface area contributed by atoms with Gasteiger partial charge in [0.05, 0.1) is 46.1 Å². The summed E-state index contributed by atoms with van der Waals surface area (Å²) in [5.41, 5.74) is 2.54. The maximum atomic E-state index is 12.8. The number of fused-ring (bicyclic) bond motifs is 1. The van der Waals surface area contributed by atoms with E-state index in [0.717, 1.165) is 60.6 Å². The van der Waals surface area contributed by atoms with E-state index in [4.69, 9.17) is 28.7 Å². The number of unbranched alkanes of at least 4 members (excludes halogenated alkanes) is 1. The van der Waals surface area contributed by atoms with Crippen LogP contribution in [0.2, 0.25) is 0 Å². The van der Waals surface area contributed by atoms with Gasteiger partial charge in [0.1, 0.15) is 17.3 Å². The monoisotopic (exact) mass is 547 g/mol. The Morgan fingerprint density at radius 1 is 0.825 bits per heavy atom. The summed E-state index contributed by atoms with van der Waals surface area (Å²) in [4.78, 5) is 17.7. The number of hydrogen-bond donors (Lipinski definition) is 1. The summed E-state index contributed by atoms with van der Waals surface area (Å²) < 4.78 is 29.5. The van der Waals surface area contributed by atoms with Crippen molar-refractivity contribution in [2.45, 2.75) is 32.2 Å². The first kappa shape index (κ1) is 28.6. The Labute approximate surface area is 235 Å². The molecule has 0 aliphatic carbocycles. The van der Waals surface area contributed by atoms with Gasteiger partial charge >= 0.3 is 0 Å². The molecular weight excluding hydrogens is 510 g/mol. The van der Waals surface area contributed by atoms with Gasteiger partial charge in [-0.15, -0.1) is 0 Å². The van der Waals surface area contributed by atoms with Gasteiger partial charge in [0.25, 0.3) is 5.91 Å². The molecule has 40 heavy (non-hydrogen) atoms. The lowest BCUT2D eigenvalue weighted by Crippen LogP contribution is -2.25. The van der Waals surface area contributed by atoms with Crippen LogP contribution in [0.3, 0.4) is 0 Å². The van der Waals surface area contributed by atoms with E-state index in [9.17, 15) is 4.79 Å². The second kappa shape index (κ2) is 14.1. The number of carbonyl (C=O) groups is 1. The number of ether oxygens (including phenoxy) is 5. The number of aryl methyl sites for hydroxylation is 2. The van der Waals surface area contributed by atoms with E-state index in [0.29, 0.717) is 36.0 Å². The van der Waals surface area contributed by atoms with E-state index in [1.54, 1.807) is 19.2 Å². The fourth-order valence-corrected chi connectivity index (χ4v) is 4.58. The second-order valence-electron chi connectivity index (χ2n) is 9.18. The predicted molar refractivity (Wildman–Crippen MR) is 154 cm³/mol. The van der Waals surface area contributed by atoms with E-state index in [1.807, 2.05) is 42.5 Å². The van der Waals surface area contributed by atoms with Crippen LogP contribution in [0.5, 0.6) is 28.7 Å². The Balaban J connectivity index is 1.31. The van der Waals surface area contributed by atoms with Crippen LogP contribution in [0, 0.1) is 0 Å². The van der Waals surface area contributed by atoms with Crippen LogP contribution >= 0.6 is 0 Å². The molecule has 0 saturated heterocycles. The lowest BCUT2D eigenvalue weighted by molar-refractivity contribution is 0.0952. The molecule has 0 spiro atoms. The van der Waals surface area contributed by atoms with Crippen molar-refractivity contribution >= 4 is 16.9 Å². The van der Waals surface area contributed by atoms with Gasteiger partial charge in [-0.3, -0.25) is 4.79 Å². The molecule has 212 valence electrons. The number of methoxy groups -OCH3 is 4. The molecule has 4 rings (SSSR count). The average molecular weight is 548 g/mol. The highest BCUT2D eigenvalue weighted by Crippen LogP contribution is 2.38. The van der Waals surface area contributed by atoms with Gasteiger partial charge in [-0.1, -0.05) is 18.2 Å². The van der Waals surface area contributed by atoms with Gasteiger partial charge in [-0.25, -0.2) is 4.98 Å². The van der Waals surface area contributed by atoms with Crippen LogP contribution in [0.25, 0.3) is 11.0 Å². The molecule has 0 aliphatic heterocycles. The lowest BCUT2D eigenvalue weighted by Gasteiger charge is -2.14. The summed E-state index contributed by atoms with van der Waals surface area (Å²) in [5, 5.41) is 2.99. The Morgan fingerprint density at radius 2 is 1.57 bits per heavy atom. The molecule has 3 aromatic carbocycles. The topological polar surface area (TPSA) is 93.1 Å². The number of aromatic nitrogens is 2. The molecule has 9 nitrogen and oxygen atoms in total. The summed E-state index contributed by atoms with van der Waals surface area (Å²) in [6.45, 7) is 1.98. The molecule has 1 amide bonds. The number of rotatable bonds is 15. The van der Waals surface area contributed by atoms with Crippen LogP contribution in [0.1, 0.15) is 35.4 Å². The molecule has 9 heteroatoms. The Kier molecular flexibility index (Phi) is 10.1. The first-order valence-electron chi connectivity index (χ1n) is 13.4. The highest BCUT2D eigenvalue weighted by atomic mass is 16.5. The van der Waals surface area contributed by atoms with Crippen molar-refractivity contribution in [2.75, 3.05) is 41.6 Å². The molecule has 1 heterocycles. The Bertz CT molecular complexity index is 1390. The molecule has 0 aliphatic rings. The van der Waals surface area contributed by atoms with E-state index in [1.165, 1.54) is 21.3 Å². The smallest absolute Gasteiger partial charge is 0.251 e. The van der Waals surface area contributed by atoms with E-state index >= 15 is 0 Å². The highest BCUT2D eigenvalue weighted by molar-refractivity contribution is 5.95. The van der Waals surface area contributed by atoms with E-state index in [2.05, 4.69) is 16.0 Å². The standard InChI is InChI=1S/C31H37N3O6/c1-36-23-11-9-12-24(21-23)40-18-8-7-17-34-26-14-6-5-13-25(26)33-29(34)15-10-16-32-31(35)22-19-27(37-2)30(39-4)28(20-22)38-3/h5-6,9,11-14,19-21H,7-8,10,15-18H2,1-4H3,(H,32,35). The molecular formula is C31H37N3O6. The summed E-state index contributed by atoms with van der Waals surface area (Å²) in [5.74, 6) is 3.73. The van der Waals surface area contributed by atoms with E-state index in [-0.39, 0.29) is 5.91 Å². The van der Waals surface area contributed by atoms with E-state index < -0.39 is 0 Å². The van der Waals surface area contributed by atoms with Crippen LogP contribution in [-0.4, -0.2) is 57.0 Å². The van der Waals surface area contributed by atoms with Gasteiger partial charge < -0.3 is 33.6 Å². The number of imidazole rings is 1. The van der Waals surface area contributed by atoms with Crippen LogP contribution in [0.15, 0.2) is 60.7 Å². The quantitative estimate of drug-likeness (QED) is 0.202. The van der Waals surface area contributed by atoms with Crippen LogP contribution in [-0.2, 0) is 13.0 Å². The van der Waals surface area contributed by atoms with Gasteiger partial charge in [-0.05, 0) is 55.7 Å². The Morgan fingerprint density at radius 3 is 2.30 bits per heavy atom. The number of nitrogens with one attached hydrogen (secondary N) is 1. The van der Waals surface area contributed by atoms with Gasteiger partial charge in [0.2, 0.25) is 5.75 Å². The zero-order valence-electron chi connectivity index (χ0n) is 23.6. The van der Waals surface area contributed by atoms with Crippen molar-refractivity contribution in [3.8, 4) is 28.7 Å². The minimum Gasteiger partial charge on any atom is -0.497 e. The number of hydrogen-bond acceptors (Lipinski definition) is 7. The number of para-hydroxylation sites is 2. The lowest BCUT2D eigenvalue weighted by atomic mass is 10.1. The minimum atomic E-state index is -0.205. The molecule has 0 atom stereocenters. The minimum absolute atomic E-state index is 0.205. The largest absolute Gasteiger partial charge is 0.497 e. The molecule has 1 N–H and O–H groups in total. The zero-order chi connectivity index (χ0) is 28.3.